The van der Waals surface area contributed by atoms with Crippen LogP contribution in [0.3, 0.4) is 0 Å². The third kappa shape index (κ3) is 4.17. The van der Waals surface area contributed by atoms with Crippen LogP contribution in [0.4, 0.5) is 32.3 Å². The Bertz CT molecular complexity index is 1170. The Labute approximate surface area is 183 Å². The molecule has 33 heavy (non-hydrogen) atoms. The van der Waals surface area contributed by atoms with Gasteiger partial charge in [0.15, 0.2) is 11.5 Å². The zero-order chi connectivity index (χ0) is 24.0. The molecular formula is C21H16F6N4O2. The van der Waals surface area contributed by atoms with Gasteiger partial charge >= 0.3 is 12.4 Å². The average Bonchev–Trinajstić information content (AvgIpc) is 3.41. The molecule has 0 bridgehead atoms. The number of hydrazone groups is 1. The molecule has 0 radical (unpaired) electrons. The van der Waals surface area contributed by atoms with Crippen LogP contribution in [0.25, 0.3) is 11.5 Å². The zero-order valence-electron chi connectivity index (χ0n) is 16.9. The van der Waals surface area contributed by atoms with Crippen molar-refractivity contribution in [1.29, 1.82) is 0 Å². The van der Waals surface area contributed by atoms with E-state index in [2.05, 4.69) is 15.1 Å². The number of anilines is 1. The van der Waals surface area contributed by atoms with E-state index in [0.717, 1.165) is 5.56 Å². The lowest BCUT2D eigenvalue weighted by atomic mass is 9.99. The molecule has 3 heterocycles. The van der Waals surface area contributed by atoms with E-state index in [1.807, 2.05) is 6.92 Å². The van der Waals surface area contributed by atoms with Gasteiger partial charge in [0.25, 0.3) is 5.72 Å². The minimum Gasteiger partial charge on any atom is -0.463 e. The lowest BCUT2D eigenvalue weighted by molar-refractivity contribution is -0.254. The number of hydrogen-bond acceptors (Lipinski definition) is 6. The lowest BCUT2D eigenvalue weighted by Crippen LogP contribution is -2.55. The van der Waals surface area contributed by atoms with Crippen LogP contribution in [0, 0.1) is 0 Å². The van der Waals surface area contributed by atoms with Crippen LogP contribution in [0.15, 0.2) is 58.2 Å². The first-order valence-electron chi connectivity index (χ1n) is 9.68. The van der Waals surface area contributed by atoms with Crippen LogP contribution < -0.4 is 5.01 Å². The van der Waals surface area contributed by atoms with Gasteiger partial charge in [-0.1, -0.05) is 31.2 Å². The van der Waals surface area contributed by atoms with Crippen molar-refractivity contribution < 1.29 is 35.9 Å². The molecule has 6 nitrogen and oxygen atoms in total. The van der Waals surface area contributed by atoms with Gasteiger partial charge in [0, 0.05) is 0 Å². The maximum absolute atomic E-state index is 13.9. The molecule has 1 aliphatic rings. The maximum atomic E-state index is 13.9. The van der Waals surface area contributed by atoms with Crippen LogP contribution in [0.5, 0.6) is 0 Å². The van der Waals surface area contributed by atoms with Gasteiger partial charge in [-0.05, 0) is 35.7 Å². The third-order valence-electron chi connectivity index (χ3n) is 5.10. The number of hydrogen-bond donors (Lipinski definition) is 1. The van der Waals surface area contributed by atoms with Crippen LogP contribution in [-0.2, 0) is 12.6 Å². The van der Waals surface area contributed by atoms with Gasteiger partial charge in [0.1, 0.15) is 5.69 Å². The number of alkyl halides is 6. The summed E-state index contributed by atoms with van der Waals surface area (Å²) in [6, 6.07) is 9.63. The highest BCUT2D eigenvalue weighted by molar-refractivity contribution is 6.03. The highest BCUT2D eigenvalue weighted by Crippen LogP contribution is 2.44. The first-order valence-corrected chi connectivity index (χ1v) is 9.68. The summed E-state index contributed by atoms with van der Waals surface area (Å²) in [4.78, 5) is 7.03. The monoisotopic (exact) mass is 470 g/mol. The number of halogens is 6. The molecule has 0 saturated heterocycles. The molecule has 2 aromatic heterocycles. The molecule has 3 aromatic rings. The molecule has 0 fully saturated rings. The van der Waals surface area contributed by atoms with E-state index < -0.39 is 41.8 Å². The fourth-order valence-electron chi connectivity index (χ4n) is 3.30. The van der Waals surface area contributed by atoms with E-state index in [1.165, 1.54) is 30.5 Å². The van der Waals surface area contributed by atoms with Gasteiger partial charge < -0.3 is 9.52 Å². The molecule has 1 aromatic carbocycles. The summed E-state index contributed by atoms with van der Waals surface area (Å²) < 4.78 is 87.2. The Morgan fingerprint density at radius 2 is 1.76 bits per heavy atom. The molecular weight excluding hydrogens is 454 g/mol. The number of furan rings is 1. The number of aromatic nitrogens is 2. The predicted molar refractivity (Wildman–Crippen MR) is 105 cm³/mol. The van der Waals surface area contributed by atoms with Gasteiger partial charge in [-0.3, -0.25) is 0 Å². The number of aryl methyl sites for hydroxylation is 1. The molecule has 0 saturated carbocycles. The Morgan fingerprint density at radius 3 is 2.30 bits per heavy atom. The van der Waals surface area contributed by atoms with E-state index in [-0.39, 0.29) is 22.0 Å². The second kappa shape index (κ2) is 7.87. The summed E-state index contributed by atoms with van der Waals surface area (Å²) in [7, 11) is 0. The highest BCUT2D eigenvalue weighted by Gasteiger charge is 2.63. The van der Waals surface area contributed by atoms with Crippen molar-refractivity contribution in [2.75, 3.05) is 5.01 Å². The molecule has 0 amide bonds. The fourth-order valence-corrected chi connectivity index (χ4v) is 3.30. The smallest absolute Gasteiger partial charge is 0.438 e. The molecule has 0 aliphatic carbocycles. The Balaban J connectivity index is 1.87. The third-order valence-corrected chi connectivity index (χ3v) is 5.10. The van der Waals surface area contributed by atoms with E-state index in [9.17, 15) is 31.4 Å². The minimum atomic E-state index is -5.29. The SMILES string of the molecule is CCc1ccc(C2=NN(c3nc(-c4ccco4)cc(C(F)(F)F)n3)C(O)(C(F)(F)F)C2)cc1. The summed E-state index contributed by atoms with van der Waals surface area (Å²) in [6.07, 6.45) is -9.46. The minimum absolute atomic E-state index is 0.0161. The van der Waals surface area contributed by atoms with Gasteiger partial charge in [0.05, 0.1) is 18.4 Å². The first-order chi connectivity index (χ1) is 15.4. The Morgan fingerprint density at radius 1 is 1.06 bits per heavy atom. The van der Waals surface area contributed by atoms with Crippen LogP contribution in [0.1, 0.15) is 30.2 Å². The number of aliphatic hydroxyl groups is 1. The lowest BCUT2D eigenvalue weighted by Gasteiger charge is -2.32. The number of rotatable bonds is 4. The highest BCUT2D eigenvalue weighted by atomic mass is 19.4. The summed E-state index contributed by atoms with van der Waals surface area (Å²) in [5.74, 6) is -1.20. The largest absolute Gasteiger partial charge is 0.463 e. The molecule has 1 unspecified atom stereocenters. The van der Waals surface area contributed by atoms with E-state index in [1.54, 1.807) is 12.1 Å². The summed E-state index contributed by atoms with van der Waals surface area (Å²) in [6.45, 7) is 1.90. The zero-order valence-corrected chi connectivity index (χ0v) is 16.9. The van der Waals surface area contributed by atoms with Crippen LogP contribution in [0.2, 0.25) is 0 Å². The summed E-state index contributed by atoms with van der Waals surface area (Å²) in [5.41, 5.74) is -4.58. The van der Waals surface area contributed by atoms with Crippen molar-refractivity contribution in [1.82, 2.24) is 9.97 Å². The van der Waals surface area contributed by atoms with E-state index >= 15 is 0 Å². The van der Waals surface area contributed by atoms with Gasteiger partial charge in [0.2, 0.25) is 5.95 Å². The fraction of sp³-hybridized carbons (Fsp3) is 0.286. The van der Waals surface area contributed by atoms with Crippen LogP contribution in [-0.4, -0.2) is 32.7 Å². The Kier molecular flexibility index (Phi) is 5.43. The normalized spacial score (nSPS) is 19.2. The van der Waals surface area contributed by atoms with Crippen molar-refractivity contribution in [3.05, 3.63) is 65.5 Å². The molecule has 1 aliphatic heterocycles. The van der Waals surface area contributed by atoms with Gasteiger partial charge in [-0.15, -0.1) is 0 Å². The van der Waals surface area contributed by atoms with Crippen molar-refractivity contribution in [3.8, 4) is 11.5 Å². The molecule has 1 atom stereocenters. The maximum Gasteiger partial charge on any atom is 0.438 e. The molecule has 12 heteroatoms. The standard InChI is InChI=1S/C21H16F6N4O2/c1-2-12-5-7-13(8-6-12)15-11-19(32,21(25,26)27)31(30-15)18-28-14(16-4-3-9-33-16)10-17(29-18)20(22,23)24/h3-10,32H,2,11H2,1H3. The topological polar surface area (TPSA) is 74.8 Å². The predicted octanol–water partition coefficient (Wildman–Crippen LogP) is 5.18. The Hall–Kier alpha value is -3.41. The molecule has 0 spiro atoms. The van der Waals surface area contributed by atoms with Crippen molar-refractivity contribution >= 4 is 11.7 Å². The second-order valence-corrected chi connectivity index (χ2v) is 7.31. The second-order valence-electron chi connectivity index (χ2n) is 7.31. The summed E-state index contributed by atoms with van der Waals surface area (Å²) >= 11 is 0. The van der Waals surface area contributed by atoms with E-state index in [4.69, 9.17) is 4.42 Å². The molecule has 174 valence electrons. The molecule has 1 N–H and O–H groups in total. The van der Waals surface area contributed by atoms with Gasteiger partial charge in [-0.25, -0.2) is 9.97 Å². The van der Waals surface area contributed by atoms with Crippen LogP contribution >= 0.6 is 0 Å². The van der Waals surface area contributed by atoms with Gasteiger partial charge in [-0.2, -0.15) is 36.5 Å². The first kappa shape index (κ1) is 22.8. The molecule has 4 rings (SSSR count). The summed E-state index contributed by atoms with van der Waals surface area (Å²) in [5, 5.41) is 14.4. The average molecular weight is 470 g/mol. The number of benzene rings is 1. The van der Waals surface area contributed by atoms with Crippen molar-refractivity contribution in [2.24, 2.45) is 5.10 Å². The van der Waals surface area contributed by atoms with Crippen molar-refractivity contribution in [2.45, 2.75) is 37.8 Å². The quantitative estimate of drug-likeness (QED) is 0.532. The number of nitrogens with zero attached hydrogens (tertiary/aromatic N) is 4. The van der Waals surface area contributed by atoms with E-state index in [0.29, 0.717) is 12.5 Å². The van der Waals surface area contributed by atoms with Crippen molar-refractivity contribution in [3.63, 3.8) is 0 Å².